The lowest BCUT2D eigenvalue weighted by Crippen LogP contribution is -2.44. The van der Waals surface area contributed by atoms with Crippen LogP contribution in [-0.2, 0) is 11.2 Å². The Balaban J connectivity index is 1.49. The number of hydrogen-bond donors (Lipinski definition) is 1. The Morgan fingerprint density at radius 2 is 2.11 bits per heavy atom. The van der Waals surface area contributed by atoms with Gasteiger partial charge in [0.1, 0.15) is 11.5 Å². The van der Waals surface area contributed by atoms with E-state index in [1.54, 1.807) is 18.6 Å². The van der Waals surface area contributed by atoms with Gasteiger partial charge in [-0.3, -0.25) is 24.7 Å². The molecule has 1 fully saturated rings. The molecule has 0 spiro atoms. The summed E-state index contributed by atoms with van der Waals surface area (Å²) in [4.78, 5) is 37.1. The van der Waals surface area contributed by atoms with Crippen LogP contribution in [0.5, 0.6) is 0 Å². The average molecular weight is 378 g/mol. The first-order valence-electron chi connectivity index (χ1n) is 10.5. The van der Waals surface area contributed by atoms with Crippen LogP contribution < -0.4 is 4.90 Å². The molecule has 2 aromatic heterocycles. The van der Waals surface area contributed by atoms with Gasteiger partial charge in [0.2, 0.25) is 5.91 Å². The smallest absolute Gasteiger partial charge is 0.237 e. The van der Waals surface area contributed by atoms with Crippen LogP contribution in [0.15, 0.2) is 23.6 Å². The quantitative estimate of drug-likeness (QED) is 0.866. The molecule has 1 aliphatic carbocycles. The van der Waals surface area contributed by atoms with Crippen LogP contribution in [0.2, 0.25) is 0 Å². The van der Waals surface area contributed by atoms with Gasteiger partial charge < -0.3 is 4.98 Å². The zero-order valence-corrected chi connectivity index (χ0v) is 16.3. The number of fused-ring (bicyclic) bond motifs is 3. The number of amides is 1. The molecule has 1 N–H and O–H groups in total. The average Bonchev–Trinajstić information content (AvgIpc) is 3.44. The van der Waals surface area contributed by atoms with Crippen molar-refractivity contribution in [2.45, 2.75) is 63.8 Å². The molecule has 5 rings (SSSR count). The normalized spacial score (nSPS) is 24.4. The van der Waals surface area contributed by atoms with Gasteiger partial charge >= 0.3 is 0 Å². The van der Waals surface area contributed by atoms with Crippen molar-refractivity contribution in [3.63, 3.8) is 0 Å². The molecule has 7 nitrogen and oxygen atoms in total. The third kappa shape index (κ3) is 2.93. The van der Waals surface area contributed by atoms with Crippen molar-refractivity contribution in [2.24, 2.45) is 10.9 Å². The summed E-state index contributed by atoms with van der Waals surface area (Å²) in [5.41, 5.74) is 2.80. The highest BCUT2D eigenvalue weighted by Gasteiger charge is 2.45. The van der Waals surface area contributed by atoms with E-state index in [1.807, 2.05) is 4.90 Å². The summed E-state index contributed by atoms with van der Waals surface area (Å²) in [5.74, 6) is 2.30. The van der Waals surface area contributed by atoms with E-state index in [-0.39, 0.29) is 17.9 Å². The van der Waals surface area contributed by atoms with Gasteiger partial charge in [0.15, 0.2) is 5.82 Å². The molecule has 2 atom stereocenters. The molecule has 2 unspecified atom stereocenters. The van der Waals surface area contributed by atoms with Gasteiger partial charge in [-0.25, -0.2) is 4.98 Å². The Labute approximate surface area is 164 Å². The number of anilines is 1. The van der Waals surface area contributed by atoms with Crippen molar-refractivity contribution < 1.29 is 4.79 Å². The van der Waals surface area contributed by atoms with Crippen molar-refractivity contribution in [1.82, 2.24) is 19.9 Å². The van der Waals surface area contributed by atoms with Crippen molar-refractivity contribution >= 4 is 17.4 Å². The minimum absolute atomic E-state index is 0.0632. The number of carbonyl (C=O) groups is 1. The topological polar surface area (TPSA) is 87.1 Å². The number of imidazole rings is 1. The van der Waals surface area contributed by atoms with Crippen LogP contribution in [0.4, 0.5) is 5.82 Å². The van der Waals surface area contributed by atoms with E-state index in [1.165, 1.54) is 25.7 Å². The Hall–Kier alpha value is -2.57. The highest BCUT2D eigenvalue weighted by Crippen LogP contribution is 2.40. The summed E-state index contributed by atoms with van der Waals surface area (Å²) in [6.07, 6.45) is 12.4. The Morgan fingerprint density at radius 3 is 2.86 bits per heavy atom. The first kappa shape index (κ1) is 17.5. The number of aromatic nitrogens is 4. The van der Waals surface area contributed by atoms with E-state index in [4.69, 9.17) is 9.98 Å². The monoisotopic (exact) mass is 378 g/mol. The van der Waals surface area contributed by atoms with E-state index < -0.39 is 0 Å². The van der Waals surface area contributed by atoms with Gasteiger partial charge in [0, 0.05) is 37.5 Å². The number of nitrogens with one attached hydrogen (secondary N) is 1. The zero-order chi connectivity index (χ0) is 19.1. The third-order valence-corrected chi connectivity index (χ3v) is 6.19. The fourth-order valence-corrected chi connectivity index (χ4v) is 4.87. The van der Waals surface area contributed by atoms with Gasteiger partial charge in [-0.2, -0.15) is 0 Å². The minimum atomic E-state index is -0.169. The predicted octanol–water partition coefficient (Wildman–Crippen LogP) is 3.03. The van der Waals surface area contributed by atoms with Crippen LogP contribution in [0.1, 0.15) is 68.6 Å². The molecule has 0 aromatic carbocycles. The standard InChI is InChI=1S/C21H26N6O/c1-2-9-27-20-18(25-19(26-20)13-5-3-4-6-13)17-16(21(27)28)11-14(24-17)10-15-12-22-7-8-23-15/h7-8,12-14,16H,2-6,9-11H2,1H3,(H,25,26). The van der Waals surface area contributed by atoms with Gasteiger partial charge in [0.05, 0.1) is 23.4 Å². The summed E-state index contributed by atoms with van der Waals surface area (Å²) in [5, 5.41) is 0. The molecule has 0 bridgehead atoms. The lowest BCUT2D eigenvalue weighted by Gasteiger charge is -2.29. The SMILES string of the molecule is CCCN1C(=O)C2CC(Cc3cnccn3)N=C2c2[nH]c(C3CCCC3)nc21. The number of H-pyrrole nitrogens is 1. The predicted molar refractivity (Wildman–Crippen MR) is 107 cm³/mol. The molecule has 4 heterocycles. The fraction of sp³-hybridized carbons (Fsp3) is 0.571. The Bertz CT molecular complexity index is 899. The van der Waals surface area contributed by atoms with Gasteiger partial charge in [-0.05, 0) is 25.7 Å². The minimum Gasteiger partial charge on any atom is -0.339 e. The van der Waals surface area contributed by atoms with Crippen molar-refractivity contribution in [3.05, 3.63) is 35.8 Å². The summed E-state index contributed by atoms with van der Waals surface area (Å²) >= 11 is 0. The second-order valence-electron chi connectivity index (χ2n) is 8.15. The van der Waals surface area contributed by atoms with Gasteiger partial charge in [-0.1, -0.05) is 19.8 Å². The number of aromatic amines is 1. The largest absolute Gasteiger partial charge is 0.339 e. The van der Waals surface area contributed by atoms with E-state index in [2.05, 4.69) is 21.9 Å². The molecule has 7 heteroatoms. The zero-order valence-electron chi connectivity index (χ0n) is 16.3. The summed E-state index contributed by atoms with van der Waals surface area (Å²) in [6.45, 7) is 2.81. The third-order valence-electron chi connectivity index (χ3n) is 6.19. The molecule has 1 amide bonds. The number of nitrogens with zero attached hydrogens (tertiary/aromatic N) is 5. The summed E-state index contributed by atoms with van der Waals surface area (Å²) < 4.78 is 0. The maximum absolute atomic E-state index is 13.3. The fourth-order valence-electron chi connectivity index (χ4n) is 4.87. The number of aliphatic imine (C=N–C) groups is 1. The second-order valence-corrected chi connectivity index (χ2v) is 8.15. The van der Waals surface area contributed by atoms with Crippen LogP contribution in [-0.4, -0.2) is 44.1 Å². The van der Waals surface area contributed by atoms with Crippen LogP contribution >= 0.6 is 0 Å². The van der Waals surface area contributed by atoms with Crippen molar-refractivity contribution in [2.75, 3.05) is 11.4 Å². The van der Waals surface area contributed by atoms with Gasteiger partial charge in [-0.15, -0.1) is 0 Å². The molecule has 2 aliphatic heterocycles. The van der Waals surface area contributed by atoms with E-state index in [9.17, 15) is 4.79 Å². The second kappa shape index (κ2) is 7.11. The molecule has 28 heavy (non-hydrogen) atoms. The lowest BCUT2D eigenvalue weighted by atomic mass is 9.91. The molecule has 3 aliphatic rings. The Morgan fingerprint density at radius 1 is 1.25 bits per heavy atom. The van der Waals surface area contributed by atoms with Crippen molar-refractivity contribution in [1.29, 1.82) is 0 Å². The first-order valence-corrected chi connectivity index (χ1v) is 10.5. The maximum atomic E-state index is 13.3. The van der Waals surface area contributed by atoms with Crippen LogP contribution in [0, 0.1) is 5.92 Å². The van der Waals surface area contributed by atoms with Gasteiger partial charge in [0.25, 0.3) is 0 Å². The molecule has 146 valence electrons. The number of rotatable bonds is 5. The lowest BCUT2D eigenvalue weighted by molar-refractivity contribution is -0.120. The molecule has 0 saturated heterocycles. The number of carbonyl (C=O) groups excluding carboxylic acids is 1. The van der Waals surface area contributed by atoms with Crippen LogP contribution in [0.25, 0.3) is 0 Å². The molecular weight excluding hydrogens is 352 g/mol. The highest BCUT2D eigenvalue weighted by molar-refractivity contribution is 6.23. The molecule has 2 aromatic rings. The van der Waals surface area contributed by atoms with E-state index >= 15 is 0 Å². The molecule has 1 saturated carbocycles. The van der Waals surface area contributed by atoms with E-state index in [0.29, 0.717) is 18.9 Å². The highest BCUT2D eigenvalue weighted by atomic mass is 16.2. The van der Waals surface area contributed by atoms with Crippen LogP contribution in [0.3, 0.4) is 0 Å². The maximum Gasteiger partial charge on any atom is 0.237 e. The van der Waals surface area contributed by atoms with Crippen molar-refractivity contribution in [3.8, 4) is 0 Å². The Kier molecular flexibility index (Phi) is 4.45. The first-order chi connectivity index (χ1) is 13.7. The van der Waals surface area contributed by atoms with E-state index in [0.717, 1.165) is 41.6 Å². The summed E-state index contributed by atoms with van der Waals surface area (Å²) in [6, 6.07) is 0.0632. The molecule has 0 radical (unpaired) electrons. The number of hydrogen-bond acceptors (Lipinski definition) is 5. The molecular formula is C21H26N6O. The summed E-state index contributed by atoms with van der Waals surface area (Å²) in [7, 11) is 0.